The number of amides is 1. The maximum Gasteiger partial charge on any atom is 0.273 e. The third-order valence-electron chi connectivity index (χ3n) is 2.79. The number of aromatic amines is 1. The van der Waals surface area contributed by atoms with Crippen LogP contribution in [0.5, 0.6) is 0 Å². The number of benzene rings is 1. The molecule has 0 spiro atoms. The predicted molar refractivity (Wildman–Crippen MR) is 80.4 cm³/mol. The first kappa shape index (κ1) is 12.6. The van der Waals surface area contributed by atoms with Gasteiger partial charge in [0.1, 0.15) is 10.3 Å². The number of carbonyl (C=O) groups excluding carboxylic acids is 1. The smallest absolute Gasteiger partial charge is 0.273 e. The van der Waals surface area contributed by atoms with Gasteiger partial charge in [-0.15, -0.1) is 0 Å². The molecule has 0 aliphatic heterocycles. The van der Waals surface area contributed by atoms with E-state index in [2.05, 4.69) is 36.2 Å². The predicted octanol–water partition coefficient (Wildman–Crippen LogP) is 2.55. The molecule has 3 aromatic rings. The van der Waals surface area contributed by atoms with Crippen molar-refractivity contribution in [2.45, 2.75) is 0 Å². The summed E-state index contributed by atoms with van der Waals surface area (Å²) >= 11 is 3.18. The van der Waals surface area contributed by atoms with Crippen LogP contribution in [-0.2, 0) is 0 Å². The molecule has 2 aromatic heterocycles. The molecule has 0 unspecified atom stereocenters. The van der Waals surface area contributed by atoms with Crippen molar-refractivity contribution in [2.75, 3.05) is 11.1 Å². The highest BCUT2D eigenvalue weighted by atomic mass is 79.9. The van der Waals surface area contributed by atoms with Crippen LogP contribution in [-0.4, -0.2) is 20.9 Å². The van der Waals surface area contributed by atoms with E-state index in [0.29, 0.717) is 21.8 Å². The number of nitrogens with two attached hydrogens (primary N) is 1. The van der Waals surface area contributed by atoms with Crippen LogP contribution < -0.4 is 11.1 Å². The number of para-hydroxylation sites is 1. The van der Waals surface area contributed by atoms with E-state index in [0.717, 1.165) is 10.9 Å². The van der Waals surface area contributed by atoms with Crippen LogP contribution in [0.3, 0.4) is 0 Å². The van der Waals surface area contributed by atoms with Gasteiger partial charge in [-0.3, -0.25) is 4.79 Å². The van der Waals surface area contributed by atoms with Crippen LogP contribution in [0.4, 0.5) is 11.5 Å². The quantitative estimate of drug-likeness (QED) is 0.628. The Kier molecular flexibility index (Phi) is 3.11. The van der Waals surface area contributed by atoms with Crippen molar-refractivity contribution in [3.63, 3.8) is 0 Å². The molecule has 0 saturated heterocycles. The fraction of sp³-hybridized carbons (Fsp3) is 0. The molecule has 100 valence electrons. The number of hydrogen-bond acceptors (Lipinski definition) is 4. The fourth-order valence-corrected chi connectivity index (χ4v) is 2.07. The van der Waals surface area contributed by atoms with E-state index in [-0.39, 0.29) is 5.91 Å². The first-order valence-electron chi connectivity index (χ1n) is 5.79. The second kappa shape index (κ2) is 4.93. The van der Waals surface area contributed by atoms with Gasteiger partial charge in [0.2, 0.25) is 0 Å². The van der Waals surface area contributed by atoms with Gasteiger partial charge >= 0.3 is 0 Å². The zero-order chi connectivity index (χ0) is 14.1. The summed E-state index contributed by atoms with van der Waals surface area (Å²) < 4.78 is 0.605. The molecule has 1 amide bonds. The summed E-state index contributed by atoms with van der Waals surface area (Å²) in [5, 5.41) is 3.55. The van der Waals surface area contributed by atoms with E-state index in [1.165, 1.54) is 12.4 Å². The van der Waals surface area contributed by atoms with Gasteiger partial charge in [-0.2, -0.15) is 0 Å². The van der Waals surface area contributed by atoms with Crippen LogP contribution in [0, 0.1) is 0 Å². The topological polar surface area (TPSA) is 96.7 Å². The Hall–Kier alpha value is -2.41. The highest BCUT2D eigenvalue weighted by molar-refractivity contribution is 9.10. The molecule has 0 atom stereocenters. The van der Waals surface area contributed by atoms with Gasteiger partial charge in [0.15, 0.2) is 5.82 Å². The van der Waals surface area contributed by atoms with E-state index in [1.54, 1.807) is 12.1 Å². The number of anilines is 2. The van der Waals surface area contributed by atoms with Gasteiger partial charge in [0, 0.05) is 5.39 Å². The molecular weight excluding hydrogens is 322 g/mol. The van der Waals surface area contributed by atoms with Crippen LogP contribution >= 0.6 is 15.9 Å². The average molecular weight is 332 g/mol. The zero-order valence-electron chi connectivity index (χ0n) is 10.2. The highest BCUT2D eigenvalue weighted by Crippen LogP contribution is 2.21. The third-order valence-corrected chi connectivity index (χ3v) is 3.20. The Labute approximate surface area is 122 Å². The lowest BCUT2D eigenvalue weighted by Gasteiger charge is -2.01. The average Bonchev–Trinajstić information content (AvgIpc) is 2.87. The van der Waals surface area contributed by atoms with Crippen LogP contribution in [0.1, 0.15) is 10.5 Å². The highest BCUT2D eigenvalue weighted by Gasteiger charge is 2.11. The molecular formula is C13H10BrN5O. The minimum absolute atomic E-state index is 0.294. The number of hydrogen-bond donors (Lipinski definition) is 3. The second-order valence-electron chi connectivity index (χ2n) is 4.17. The van der Waals surface area contributed by atoms with Gasteiger partial charge in [-0.05, 0) is 28.1 Å². The summed E-state index contributed by atoms with van der Waals surface area (Å²) in [6.45, 7) is 0. The summed E-state index contributed by atoms with van der Waals surface area (Å²) in [7, 11) is 0. The van der Waals surface area contributed by atoms with Crippen LogP contribution in [0.25, 0.3) is 10.9 Å². The van der Waals surface area contributed by atoms with Crippen LogP contribution in [0.15, 0.2) is 41.3 Å². The number of fused-ring (bicyclic) bond motifs is 1. The van der Waals surface area contributed by atoms with Gasteiger partial charge in [-0.25, -0.2) is 9.97 Å². The Morgan fingerprint density at radius 1 is 1.30 bits per heavy atom. The van der Waals surface area contributed by atoms with Crippen molar-refractivity contribution in [3.05, 3.63) is 47.0 Å². The number of H-pyrrole nitrogens is 1. The number of nitrogens with one attached hydrogen (secondary N) is 2. The molecule has 6 nitrogen and oxygen atoms in total. The lowest BCUT2D eigenvalue weighted by molar-refractivity contribution is 0.102. The minimum Gasteiger partial charge on any atom is -0.397 e. The Morgan fingerprint density at radius 2 is 2.15 bits per heavy atom. The normalized spacial score (nSPS) is 10.7. The maximum atomic E-state index is 12.1. The van der Waals surface area contributed by atoms with Gasteiger partial charge in [-0.1, -0.05) is 12.1 Å². The molecule has 0 aliphatic rings. The maximum absolute atomic E-state index is 12.1. The molecule has 4 N–H and O–H groups in total. The molecule has 7 heteroatoms. The molecule has 3 rings (SSSR count). The number of halogens is 1. The summed E-state index contributed by atoms with van der Waals surface area (Å²) in [5.41, 5.74) is 7.62. The van der Waals surface area contributed by atoms with Gasteiger partial charge < -0.3 is 16.0 Å². The van der Waals surface area contributed by atoms with E-state index in [4.69, 9.17) is 5.73 Å². The standard InChI is InChI=1S/C13H10BrN5O/c14-10-5-17-11(6-16-10)19-13(20)9-4-7-2-1-3-8(15)12(7)18-9/h1-6,18H,15H2,(H,17,19,20). The molecule has 20 heavy (non-hydrogen) atoms. The molecule has 0 radical (unpaired) electrons. The summed E-state index contributed by atoms with van der Waals surface area (Å²) in [4.78, 5) is 23.1. The van der Waals surface area contributed by atoms with E-state index >= 15 is 0 Å². The second-order valence-corrected chi connectivity index (χ2v) is 4.99. The van der Waals surface area contributed by atoms with E-state index < -0.39 is 0 Å². The van der Waals surface area contributed by atoms with Crippen molar-refractivity contribution in [3.8, 4) is 0 Å². The van der Waals surface area contributed by atoms with E-state index in [9.17, 15) is 4.79 Å². The third kappa shape index (κ3) is 2.35. The number of nitrogen functional groups attached to an aromatic ring is 1. The van der Waals surface area contributed by atoms with E-state index in [1.807, 2.05) is 12.1 Å². The van der Waals surface area contributed by atoms with Gasteiger partial charge in [0.05, 0.1) is 23.6 Å². The fourth-order valence-electron chi connectivity index (χ4n) is 1.86. The first-order valence-corrected chi connectivity index (χ1v) is 6.59. The molecule has 0 aliphatic carbocycles. The minimum atomic E-state index is -0.294. The summed E-state index contributed by atoms with van der Waals surface area (Å²) in [6, 6.07) is 7.25. The molecule has 0 fully saturated rings. The summed E-state index contributed by atoms with van der Waals surface area (Å²) in [6.07, 6.45) is 2.98. The lowest BCUT2D eigenvalue weighted by atomic mass is 10.2. The van der Waals surface area contributed by atoms with Crippen molar-refractivity contribution >= 4 is 44.2 Å². The Morgan fingerprint density at radius 3 is 2.85 bits per heavy atom. The van der Waals surface area contributed by atoms with Gasteiger partial charge in [0.25, 0.3) is 5.91 Å². The SMILES string of the molecule is Nc1cccc2cc(C(=O)Nc3cnc(Br)cn3)[nH]c12. The number of rotatable bonds is 2. The number of aromatic nitrogens is 3. The van der Waals surface area contributed by atoms with Crippen molar-refractivity contribution < 1.29 is 4.79 Å². The first-order chi connectivity index (χ1) is 9.63. The van der Waals surface area contributed by atoms with Crippen molar-refractivity contribution in [2.24, 2.45) is 0 Å². The Balaban J connectivity index is 1.89. The molecule has 0 bridgehead atoms. The largest absolute Gasteiger partial charge is 0.397 e. The number of nitrogens with zero attached hydrogens (tertiary/aromatic N) is 2. The zero-order valence-corrected chi connectivity index (χ0v) is 11.8. The Bertz CT molecular complexity index is 781. The molecule has 1 aromatic carbocycles. The van der Waals surface area contributed by atoms with Crippen LogP contribution in [0.2, 0.25) is 0 Å². The summed E-state index contributed by atoms with van der Waals surface area (Å²) in [5.74, 6) is 0.0852. The van der Waals surface area contributed by atoms with Crippen molar-refractivity contribution in [1.29, 1.82) is 0 Å². The monoisotopic (exact) mass is 331 g/mol. The van der Waals surface area contributed by atoms with Crippen molar-refractivity contribution in [1.82, 2.24) is 15.0 Å². The molecule has 2 heterocycles. The lowest BCUT2D eigenvalue weighted by Crippen LogP contribution is -2.13. The molecule has 0 saturated carbocycles. The number of carbonyl (C=O) groups is 1.